The topological polar surface area (TPSA) is 79.3 Å². The highest BCUT2D eigenvalue weighted by Gasteiger charge is 2.65. The third-order valence-electron chi connectivity index (χ3n) is 7.24. The van der Waals surface area contributed by atoms with Crippen LogP contribution in [0.2, 0.25) is 5.02 Å². The lowest BCUT2D eigenvalue weighted by molar-refractivity contribution is -0.118. The van der Waals surface area contributed by atoms with Crippen molar-refractivity contribution in [3.05, 3.63) is 106 Å². The number of halogens is 1. The number of nitrogens with zero attached hydrogens (tertiary/aromatic N) is 1. The van der Waals surface area contributed by atoms with E-state index in [4.69, 9.17) is 11.6 Å². The Morgan fingerprint density at radius 2 is 1.86 bits per heavy atom. The van der Waals surface area contributed by atoms with Crippen LogP contribution in [-0.4, -0.2) is 22.0 Å². The molecule has 5 nitrogen and oxygen atoms in total. The minimum Gasteiger partial charge on any atom is -0.478 e. The number of anilines is 1. The van der Waals surface area contributed by atoms with Gasteiger partial charge in [-0.05, 0) is 59.9 Å². The van der Waals surface area contributed by atoms with E-state index in [1.807, 2.05) is 66.9 Å². The van der Waals surface area contributed by atoms with Crippen molar-refractivity contribution in [1.82, 2.24) is 4.98 Å². The smallest absolute Gasteiger partial charge is 0.335 e. The maximum Gasteiger partial charge on any atom is 0.335 e. The first kappa shape index (κ1) is 21.6. The summed E-state index contributed by atoms with van der Waals surface area (Å²) in [4.78, 5) is 29.5. The molecule has 1 aliphatic carbocycles. The maximum absolute atomic E-state index is 13.2. The van der Waals surface area contributed by atoms with Crippen LogP contribution in [0, 0.1) is 6.92 Å². The lowest BCUT2D eigenvalue weighted by atomic mass is 9.89. The summed E-state index contributed by atoms with van der Waals surface area (Å²) < 4.78 is 0. The van der Waals surface area contributed by atoms with E-state index in [9.17, 15) is 14.7 Å². The van der Waals surface area contributed by atoms with Crippen LogP contribution in [0.5, 0.6) is 0 Å². The average Bonchev–Trinajstić information content (AvgIpc) is 3.55. The van der Waals surface area contributed by atoms with Crippen LogP contribution in [0.4, 0.5) is 5.69 Å². The number of aryl methyl sites for hydroxylation is 1. The van der Waals surface area contributed by atoms with Gasteiger partial charge in [0.1, 0.15) is 0 Å². The molecule has 2 atom stereocenters. The Labute approximate surface area is 207 Å². The number of nitrogens with one attached hydrogen (secondary N) is 1. The first-order valence-corrected chi connectivity index (χ1v) is 11.8. The second kappa shape index (κ2) is 7.79. The molecule has 1 saturated carbocycles. The van der Waals surface area contributed by atoms with Crippen molar-refractivity contribution in [2.75, 3.05) is 5.32 Å². The Kier molecular flexibility index (Phi) is 4.80. The molecular weight excluding hydrogens is 460 g/mol. The number of rotatable bonds is 4. The molecule has 2 unspecified atom stereocenters. The quantitative estimate of drug-likeness (QED) is 0.351. The predicted octanol–water partition coefficient (Wildman–Crippen LogP) is 6.45. The highest BCUT2D eigenvalue weighted by atomic mass is 35.5. The lowest BCUT2D eigenvalue weighted by Gasteiger charge is -2.13. The lowest BCUT2D eigenvalue weighted by Crippen LogP contribution is -2.21. The van der Waals surface area contributed by atoms with Crippen molar-refractivity contribution < 1.29 is 14.7 Å². The number of benzene rings is 3. The van der Waals surface area contributed by atoms with Crippen LogP contribution >= 0.6 is 11.6 Å². The summed E-state index contributed by atoms with van der Waals surface area (Å²) in [5.74, 6) is -1.13. The molecule has 1 aromatic heterocycles. The normalized spacial score (nSPS) is 19.9. The summed E-state index contributed by atoms with van der Waals surface area (Å²) in [6.07, 6.45) is 2.45. The number of carboxylic acid groups (broad SMARTS) is 1. The van der Waals surface area contributed by atoms with Crippen molar-refractivity contribution in [2.45, 2.75) is 24.7 Å². The summed E-state index contributed by atoms with van der Waals surface area (Å²) in [5.41, 5.74) is 6.29. The molecule has 3 aromatic carbocycles. The van der Waals surface area contributed by atoms with Gasteiger partial charge in [0.15, 0.2) is 0 Å². The second-order valence-corrected chi connectivity index (χ2v) is 9.64. The Balaban J connectivity index is 1.38. The zero-order valence-electron chi connectivity index (χ0n) is 18.9. The zero-order valence-corrected chi connectivity index (χ0v) is 19.6. The van der Waals surface area contributed by atoms with E-state index in [1.165, 1.54) is 0 Å². The Morgan fingerprint density at radius 3 is 2.57 bits per heavy atom. The average molecular weight is 481 g/mol. The molecule has 1 spiro atoms. The molecule has 1 amide bonds. The SMILES string of the molecule is Cc1ccc(C2CC23C(=O)Nc2cc(Cl)c(-c4ccc(-c5ccccc5)cn4)cc23)cc1C(=O)O. The van der Waals surface area contributed by atoms with Gasteiger partial charge in [-0.3, -0.25) is 9.78 Å². The zero-order chi connectivity index (χ0) is 24.3. The molecule has 0 radical (unpaired) electrons. The highest BCUT2D eigenvalue weighted by Crippen LogP contribution is 2.65. The molecule has 2 heterocycles. The van der Waals surface area contributed by atoms with Crippen molar-refractivity contribution in [2.24, 2.45) is 0 Å². The number of amides is 1. The minimum absolute atomic E-state index is 0.0736. The van der Waals surface area contributed by atoms with E-state index < -0.39 is 11.4 Å². The number of pyridine rings is 1. The number of carbonyl (C=O) groups is 2. The fourth-order valence-corrected chi connectivity index (χ4v) is 5.51. The monoisotopic (exact) mass is 480 g/mol. The van der Waals surface area contributed by atoms with Gasteiger partial charge < -0.3 is 10.4 Å². The van der Waals surface area contributed by atoms with Crippen LogP contribution in [-0.2, 0) is 10.2 Å². The van der Waals surface area contributed by atoms with Gasteiger partial charge in [-0.25, -0.2) is 4.79 Å². The molecule has 6 rings (SSSR count). The molecule has 0 bridgehead atoms. The van der Waals surface area contributed by atoms with E-state index in [-0.39, 0.29) is 17.4 Å². The highest BCUT2D eigenvalue weighted by molar-refractivity contribution is 6.34. The molecule has 0 saturated heterocycles. The van der Waals surface area contributed by atoms with Crippen LogP contribution in [0.1, 0.15) is 39.4 Å². The third-order valence-corrected chi connectivity index (χ3v) is 7.56. The van der Waals surface area contributed by atoms with Gasteiger partial charge >= 0.3 is 5.97 Å². The molecule has 2 N–H and O–H groups in total. The Morgan fingerprint density at radius 1 is 1.06 bits per heavy atom. The third kappa shape index (κ3) is 3.34. The predicted molar refractivity (Wildman–Crippen MR) is 136 cm³/mol. The molecule has 2 aliphatic rings. The maximum atomic E-state index is 13.2. The van der Waals surface area contributed by atoms with Gasteiger partial charge in [0.05, 0.1) is 21.7 Å². The number of carboxylic acids is 1. The largest absolute Gasteiger partial charge is 0.478 e. The van der Waals surface area contributed by atoms with Gasteiger partial charge in [-0.1, -0.05) is 60.1 Å². The molecule has 35 heavy (non-hydrogen) atoms. The van der Waals surface area contributed by atoms with Crippen LogP contribution < -0.4 is 5.32 Å². The number of aromatic carboxylic acids is 1. The summed E-state index contributed by atoms with van der Waals surface area (Å²) in [7, 11) is 0. The number of carbonyl (C=O) groups excluding carboxylic acids is 1. The standard InChI is InChI=1S/C29H21ClN2O3/c1-16-7-8-18(11-20(16)27(33)34)23-14-29(23)22-12-21(24(30)13-26(22)32-28(29)35)25-10-9-19(15-31-25)17-5-3-2-4-6-17/h2-13,15,23H,14H2,1H3,(H,32,35)(H,33,34). The number of hydrogen-bond acceptors (Lipinski definition) is 3. The number of hydrogen-bond donors (Lipinski definition) is 2. The van der Waals surface area contributed by atoms with Crippen LogP contribution in [0.15, 0.2) is 79.0 Å². The van der Waals surface area contributed by atoms with Crippen LogP contribution in [0.25, 0.3) is 22.4 Å². The van der Waals surface area contributed by atoms with E-state index in [0.717, 1.165) is 33.5 Å². The molecule has 6 heteroatoms. The first-order chi connectivity index (χ1) is 16.9. The van der Waals surface area contributed by atoms with Gasteiger partial charge in [-0.2, -0.15) is 0 Å². The summed E-state index contributed by atoms with van der Waals surface area (Å²) in [6, 6.07) is 23.2. The molecule has 1 fully saturated rings. The fraction of sp³-hybridized carbons (Fsp3) is 0.138. The second-order valence-electron chi connectivity index (χ2n) is 9.24. The van der Waals surface area contributed by atoms with Crippen molar-refractivity contribution in [3.63, 3.8) is 0 Å². The minimum atomic E-state index is -0.964. The van der Waals surface area contributed by atoms with Crippen molar-refractivity contribution >= 4 is 29.2 Å². The summed E-state index contributed by atoms with van der Waals surface area (Å²) >= 11 is 6.63. The Hall–Kier alpha value is -3.96. The summed E-state index contributed by atoms with van der Waals surface area (Å²) in [5, 5.41) is 13.0. The van der Waals surface area contributed by atoms with E-state index in [1.54, 1.807) is 19.1 Å². The summed E-state index contributed by atoms with van der Waals surface area (Å²) in [6.45, 7) is 1.78. The van der Waals surface area contributed by atoms with Crippen LogP contribution in [0.3, 0.4) is 0 Å². The molecule has 172 valence electrons. The van der Waals surface area contributed by atoms with E-state index >= 15 is 0 Å². The van der Waals surface area contributed by atoms with Crippen molar-refractivity contribution in [1.29, 1.82) is 0 Å². The van der Waals surface area contributed by atoms with Gasteiger partial charge in [0, 0.05) is 28.9 Å². The van der Waals surface area contributed by atoms with Gasteiger partial charge in [0.25, 0.3) is 0 Å². The van der Waals surface area contributed by atoms with Crippen molar-refractivity contribution in [3.8, 4) is 22.4 Å². The fourth-order valence-electron chi connectivity index (χ4n) is 5.25. The number of fused-ring (bicyclic) bond motifs is 2. The first-order valence-electron chi connectivity index (χ1n) is 11.4. The van der Waals surface area contributed by atoms with Gasteiger partial charge in [-0.15, -0.1) is 0 Å². The molecule has 4 aromatic rings. The van der Waals surface area contributed by atoms with E-state index in [2.05, 4.69) is 10.3 Å². The van der Waals surface area contributed by atoms with Gasteiger partial charge in [0.2, 0.25) is 5.91 Å². The Bertz CT molecular complexity index is 1520. The van der Waals surface area contributed by atoms with E-state index in [0.29, 0.717) is 22.7 Å². The molecule has 1 aliphatic heterocycles. The molecular formula is C29H21ClN2O3. The number of aromatic nitrogens is 1.